The normalized spacial score (nSPS) is 14.1. The maximum Gasteiger partial charge on any atom is 0.333 e. The van der Waals surface area contributed by atoms with Crippen LogP contribution in [0, 0.1) is 0 Å². The van der Waals surface area contributed by atoms with E-state index in [1.165, 1.54) is 9.13 Å². The Morgan fingerprint density at radius 2 is 1.02 bits per heavy atom. The van der Waals surface area contributed by atoms with Crippen molar-refractivity contribution < 1.29 is 0 Å². The third kappa shape index (κ3) is 4.79. The number of anilines is 4. The van der Waals surface area contributed by atoms with Crippen LogP contribution >= 0.6 is 0 Å². The van der Waals surface area contributed by atoms with Crippen molar-refractivity contribution in [2.45, 2.75) is 80.6 Å². The molecule has 12 heteroatoms. The molecule has 0 saturated carbocycles. The number of rotatable bonds is 9. The van der Waals surface area contributed by atoms with Gasteiger partial charge in [-0.1, -0.05) is 37.1 Å². The first kappa shape index (κ1) is 29.0. The minimum atomic E-state index is -0.406. The monoisotopic (exact) mass is 554 g/mol. The Morgan fingerprint density at radius 1 is 0.625 bits per heavy atom. The molecular formula is C28H42N8O4. The lowest BCUT2D eigenvalue weighted by Gasteiger charge is -2.33. The summed E-state index contributed by atoms with van der Waals surface area (Å²) in [5.74, 6) is 0.945. The van der Waals surface area contributed by atoms with Gasteiger partial charge >= 0.3 is 11.4 Å². The van der Waals surface area contributed by atoms with E-state index in [9.17, 15) is 19.2 Å². The number of hydrogen-bond donors (Lipinski definition) is 0. The molecule has 4 heterocycles. The zero-order valence-corrected chi connectivity index (χ0v) is 25.0. The van der Waals surface area contributed by atoms with Crippen molar-refractivity contribution in [1.29, 1.82) is 0 Å². The SMILES string of the molecule is CCCn1c2c(c(=O)n(CCC)c1=O)N(C)CN2N1CN(C)c2c1n(CC=C(C)C)c(=O)n(CC=C(C)C)c2=O. The lowest BCUT2D eigenvalue weighted by atomic mass is 10.3. The second-order valence-corrected chi connectivity index (χ2v) is 11.1. The van der Waals surface area contributed by atoms with Crippen LogP contribution in [0.1, 0.15) is 54.4 Å². The van der Waals surface area contributed by atoms with E-state index in [0.717, 1.165) is 11.1 Å². The molecular weight excluding hydrogens is 512 g/mol. The fourth-order valence-electron chi connectivity index (χ4n) is 5.32. The summed E-state index contributed by atoms with van der Waals surface area (Å²) in [5, 5.41) is 3.73. The Labute approximate surface area is 234 Å². The third-order valence-corrected chi connectivity index (χ3v) is 7.25. The van der Waals surface area contributed by atoms with Gasteiger partial charge in [0.25, 0.3) is 11.1 Å². The minimum absolute atomic E-state index is 0.179. The molecule has 0 spiro atoms. The van der Waals surface area contributed by atoms with Gasteiger partial charge in [0.1, 0.15) is 24.7 Å². The van der Waals surface area contributed by atoms with Crippen LogP contribution in [0.2, 0.25) is 0 Å². The van der Waals surface area contributed by atoms with Crippen LogP contribution in [0.5, 0.6) is 0 Å². The van der Waals surface area contributed by atoms with Gasteiger partial charge in [-0.2, -0.15) is 0 Å². The quantitative estimate of drug-likeness (QED) is 0.435. The Kier molecular flexibility index (Phi) is 8.18. The van der Waals surface area contributed by atoms with Gasteiger partial charge in [-0.3, -0.25) is 27.9 Å². The molecule has 0 N–H and O–H groups in total. The van der Waals surface area contributed by atoms with Crippen molar-refractivity contribution in [3.63, 3.8) is 0 Å². The average molecular weight is 555 g/mol. The van der Waals surface area contributed by atoms with E-state index in [0.29, 0.717) is 48.9 Å². The molecule has 2 aromatic rings. The molecule has 0 saturated heterocycles. The van der Waals surface area contributed by atoms with E-state index in [1.807, 2.05) is 87.6 Å². The van der Waals surface area contributed by atoms with Crippen LogP contribution in [0.15, 0.2) is 42.5 Å². The highest BCUT2D eigenvalue weighted by molar-refractivity contribution is 5.80. The van der Waals surface area contributed by atoms with Crippen molar-refractivity contribution in [2.75, 3.05) is 47.3 Å². The molecule has 0 bridgehead atoms. The van der Waals surface area contributed by atoms with E-state index in [4.69, 9.17) is 0 Å². The van der Waals surface area contributed by atoms with Crippen LogP contribution in [0.3, 0.4) is 0 Å². The first-order valence-electron chi connectivity index (χ1n) is 13.9. The van der Waals surface area contributed by atoms with Crippen molar-refractivity contribution in [3.8, 4) is 0 Å². The van der Waals surface area contributed by atoms with Gasteiger partial charge in [-0.05, 0) is 40.5 Å². The first-order valence-corrected chi connectivity index (χ1v) is 13.9. The second kappa shape index (κ2) is 11.3. The number of aromatic nitrogens is 4. The highest BCUT2D eigenvalue weighted by Crippen LogP contribution is 2.39. The number of fused-ring (bicyclic) bond motifs is 2. The van der Waals surface area contributed by atoms with Crippen LogP contribution in [-0.2, 0) is 26.2 Å². The highest BCUT2D eigenvalue weighted by atomic mass is 16.2. The number of hydrogen-bond acceptors (Lipinski definition) is 8. The second-order valence-electron chi connectivity index (χ2n) is 11.1. The molecule has 0 radical (unpaired) electrons. The molecule has 0 aliphatic carbocycles. The molecule has 2 aliphatic heterocycles. The molecule has 0 amide bonds. The fourth-order valence-corrected chi connectivity index (χ4v) is 5.32. The molecule has 4 rings (SSSR count). The van der Waals surface area contributed by atoms with E-state index >= 15 is 0 Å². The van der Waals surface area contributed by atoms with Crippen molar-refractivity contribution in [2.24, 2.45) is 0 Å². The summed E-state index contributed by atoms with van der Waals surface area (Å²) in [4.78, 5) is 58.4. The summed E-state index contributed by atoms with van der Waals surface area (Å²) in [6.07, 6.45) is 5.18. The zero-order valence-electron chi connectivity index (χ0n) is 25.0. The van der Waals surface area contributed by atoms with E-state index < -0.39 is 5.69 Å². The smallest absolute Gasteiger partial charge is 0.333 e. The molecule has 0 atom stereocenters. The summed E-state index contributed by atoms with van der Waals surface area (Å²) in [7, 11) is 3.64. The molecule has 2 aromatic heterocycles. The van der Waals surface area contributed by atoms with Gasteiger partial charge in [-0.25, -0.2) is 19.6 Å². The Hall–Kier alpha value is -3.96. The van der Waals surface area contributed by atoms with Gasteiger partial charge in [0.05, 0.1) is 0 Å². The van der Waals surface area contributed by atoms with Gasteiger partial charge in [-0.15, -0.1) is 0 Å². The number of hydrazine groups is 1. The van der Waals surface area contributed by atoms with E-state index in [2.05, 4.69) is 0 Å². The highest BCUT2D eigenvalue weighted by Gasteiger charge is 2.41. The Morgan fingerprint density at radius 3 is 1.50 bits per heavy atom. The molecule has 0 fully saturated rings. The van der Waals surface area contributed by atoms with Crippen molar-refractivity contribution >= 4 is 23.0 Å². The van der Waals surface area contributed by atoms with Crippen LogP contribution in [0.25, 0.3) is 0 Å². The Balaban J connectivity index is 2.01. The average Bonchev–Trinajstić information content (AvgIpc) is 3.40. The summed E-state index contributed by atoms with van der Waals surface area (Å²) in [6.45, 7) is 13.5. The van der Waals surface area contributed by atoms with Gasteiger partial charge in [0.15, 0.2) is 11.6 Å². The van der Waals surface area contributed by atoms with Gasteiger partial charge in [0, 0.05) is 40.3 Å². The minimum Gasteiger partial charge on any atom is -0.348 e. The maximum absolute atomic E-state index is 13.8. The third-order valence-electron chi connectivity index (χ3n) is 7.25. The zero-order chi connectivity index (χ0) is 29.5. The largest absolute Gasteiger partial charge is 0.348 e. The van der Waals surface area contributed by atoms with Crippen LogP contribution < -0.4 is 42.3 Å². The molecule has 0 aromatic carbocycles. The maximum atomic E-state index is 13.8. The summed E-state index contributed by atoms with van der Waals surface area (Å²) in [6, 6.07) is 0. The number of allylic oxidation sites excluding steroid dienone is 4. The van der Waals surface area contributed by atoms with Crippen LogP contribution in [0.4, 0.5) is 23.0 Å². The van der Waals surface area contributed by atoms with Crippen LogP contribution in [-0.4, -0.2) is 45.7 Å². The standard InChI is InChI=1S/C28H42N8O4/c1-9-13-31-23-21(25(37)33(14-10-2)27(31)39)29(7)17-35(23)36-18-30(8)22-24(36)32(15-11-19(3)4)28(40)34(26(22)38)16-12-20(5)6/h11-12H,9-10,13-18H2,1-8H3. The summed E-state index contributed by atoms with van der Waals surface area (Å²) >= 11 is 0. The summed E-state index contributed by atoms with van der Waals surface area (Å²) < 4.78 is 5.85. The fraction of sp³-hybridized carbons (Fsp3) is 0.571. The van der Waals surface area contributed by atoms with Gasteiger partial charge in [0.2, 0.25) is 0 Å². The number of nitrogens with zero attached hydrogens (tertiary/aromatic N) is 8. The lowest BCUT2D eigenvalue weighted by Crippen LogP contribution is -2.49. The van der Waals surface area contributed by atoms with E-state index in [-0.39, 0.29) is 43.2 Å². The topological polar surface area (TPSA) is 101 Å². The van der Waals surface area contributed by atoms with Crippen molar-refractivity contribution in [3.05, 3.63) is 65.0 Å². The van der Waals surface area contributed by atoms with E-state index in [1.54, 1.807) is 9.13 Å². The van der Waals surface area contributed by atoms with Gasteiger partial charge < -0.3 is 9.80 Å². The molecule has 218 valence electrons. The first-order chi connectivity index (χ1) is 18.9. The molecule has 40 heavy (non-hydrogen) atoms. The predicted molar refractivity (Wildman–Crippen MR) is 161 cm³/mol. The molecule has 2 aliphatic rings. The predicted octanol–water partition coefficient (Wildman–Crippen LogP) is 2.13. The molecule has 12 nitrogen and oxygen atoms in total. The summed E-state index contributed by atoms with van der Waals surface area (Å²) in [5.41, 5.74) is 1.45. The van der Waals surface area contributed by atoms with Crippen molar-refractivity contribution in [1.82, 2.24) is 18.3 Å². The molecule has 0 unspecified atom stereocenters. The lowest BCUT2D eigenvalue weighted by molar-refractivity contribution is 0.539. The Bertz CT molecular complexity index is 1600.